The normalized spacial score (nSPS) is 9.93. The molecule has 0 aliphatic heterocycles. The molecule has 0 amide bonds. The lowest BCUT2D eigenvalue weighted by Gasteiger charge is -2.03. The second-order valence-electron chi connectivity index (χ2n) is 2.38. The van der Waals surface area contributed by atoms with Crippen LogP contribution in [0.5, 0.6) is 0 Å². The maximum atomic E-state index is 11.2. The number of rotatable bonds is 2. The number of aromatic amines is 1. The van der Waals surface area contributed by atoms with E-state index < -0.39 is 11.5 Å². The number of H-pyrrole nitrogens is 1. The first kappa shape index (κ1) is 11.1. The SMILES string of the molecule is CCOC(=O)c1c[nH]c(=O)c(Cl)c1Cl. The van der Waals surface area contributed by atoms with E-state index in [-0.39, 0.29) is 22.2 Å². The van der Waals surface area contributed by atoms with Crippen molar-refractivity contribution in [2.24, 2.45) is 0 Å². The van der Waals surface area contributed by atoms with Crippen molar-refractivity contribution >= 4 is 29.2 Å². The lowest BCUT2D eigenvalue weighted by atomic mass is 10.3. The van der Waals surface area contributed by atoms with Crippen LogP contribution in [0.1, 0.15) is 17.3 Å². The highest BCUT2D eigenvalue weighted by Crippen LogP contribution is 2.21. The Hall–Kier alpha value is -1.00. The average molecular weight is 236 g/mol. The van der Waals surface area contributed by atoms with E-state index in [1.54, 1.807) is 6.92 Å². The maximum absolute atomic E-state index is 11.2. The van der Waals surface area contributed by atoms with Gasteiger partial charge < -0.3 is 9.72 Å². The first-order chi connectivity index (χ1) is 6.57. The predicted molar refractivity (Wildman–Crippen MR) is 53.0 cm³/mol. The summed E-state index contributed by atoms with van der Waals surface area (Å²) in [6.07, 6.45) is 1.18. The van der Waals surface area contributed by atoms with E-state index in [1.165, 1.54) is 6.20 Å². The van der Waals surface area contributed by atoms with Gasteiger partial charge >= 0.3 is 5.97 Å². The van der Waals surface area contributed by atoms with Crippen LogP contribution >= 0.6 is 23.2 Å². The van der Waals surface area contributed by atoms with Gasteiger partial charge in [0.1, 0.15) is 5.02 Å². The Kier molecular flexibility index (Phi) is 3.55. The van der Waals surface area contributed by atoms with Gasteiger partial charge in [-0.15, -0.1) is 0 Å². The van der Waals surface area contributed by atoms with Crippen molar-refractivity contribution in [1.82, 2.24) is 4.98 Å². The van der Waals surface area contributed by atoms with E-state index in [2.05, 4.69) is 4.98 Å². The highest BCUT2D eigenvalue weighted by atomic mass is 35.5. The molecule has 1 aromatic rings. The van der Waals surface area contributed by atoms with Crippen LogP contribution in [0.25, 0.3) is 0 Å². The van der Waals surface area contributed by atoms with Gasteiger partial charge in [0.15, 0.2) is 0 Å². The fraction of sp³-hybridized carbons (Fsp3) is 0.250. The van der Waals surface area contributed by atoms with Gasteiger partial charge in [-0.1, -0.05) is 23.2 Å². The van der Waals surface area contributed by atoms with Crippen molar-refractivity contribution in [3.8, 4) is 0 Å². The molecule has 76 valence electrons. The largest absolute Gasteiger partial charge is 0.462 e. The Balaban J connectivity index is 3.18. The van der Waals surface area contributed by atoms with Crippen LogP contribution in [0.4, 0.5) is 0 Å². The molecule has 0 radical (unpaired) electrons. The first-order valence-corrected chi connectivity index (χ1v) is 4.57. The van der Waals surface area contributed by atoms with E-state index in [4.69, 9.17) is 27.9 Å². The zero-order valence-electron chi connectivity index (χ0n) is 7.27. The van der Waals surface area contributed by atoms with Crippen LogP contribution < -0.4 is 5.56 Å². The molecule has 6 heteroatoms. The van der Waals surface area contributed by atoms with E-state index in [1.807, 2.05) is 0 Å². The Bertz CT molecular complexity index is 414. The molecule has 0 aliphatic rings. The predicted octanol–water partition coefficient (Wildman–Crippen LogP) is 1.86. The van der Waals surface area contributed by atoms with Crippen LogP contribution in [0.15, 0.2) is 11.0 Å². The fourth-order valence-corrected chi connectivity index (χ4v) is 1.21. The molecule has 1 heterocycles. The summed E-state index contributed by atoms with van der Waals surface area (Å²) < 4.78 is 4.70. The summed E-state index contributed by atoms with van der Waals surface area (Å²) >= 11 is 11.2. The molecule has 1 rings (SSSR count). The Labute approximate surface area is 89.8 Å². The summed E-state index contributed by atoms with van der Waals surface area (Å²) in [6, 6.07) is 0. The van der Waals surface area contributed by atoms with Gasteiger partial charge in [-0.05, 0) is 6.92 Å². The second-order valence-corrected chi connectivity index (χ2v) is 3.14. The van der Waals surface area contributed by atoms with Crippen LogP contribution in [0, 0.1) is 0 Å². The van der Waals surface area contributed by atoms with Gasteiger partial charge in [0.05, 0.1) is 17.2 Å². The van der Waals surface area contributed by atoms with Gasteiger partial charge in [-0.2, -0.15) is 0 Å². The minimum atomic E-state index is -0.615. The number of nitrogens with one attached hydrogen (secondary N) is 1. The van der Waals surface area contributed by atoms with Crippen molar-refractivity contribution in [2.75, 3.05) is 6.61 Å². The van der Waals surface area contributed by atoms with E-state index in [0.29, 0.717) is 0 Å². The molecule has 0 bridgehead atoms. The molecule has 0 unspecified atom stereocenters. The van der Waals surface area contributed by atoms with Gasteiger partial charge in [0, 0.05) is 6.20 Å². The van der Waals surface area contributed by atoms with Crippen molar-refractivity contribution in [3.05, 3.63) is 32.2 Å². The molecule has 1 N–H and O–H groups in total. The molecule has 0 fully saturated rings. The summed E-state index contributed by atoms with van der Waals surface area (Å²) in [5.74, 6) is -0.615. The molecule has 1 aromatic heterocycles. The van der Waals surface area contributed by atoms with Gasteiger partial charge in [-0.3, -0.25) is 4.79 Å². The van der Waals surface area contributed by atoms with Crippen LogP contribution in [-0.2, 0) is 4.74 Å². The molecule has 0 saturated carbocycles. The zero-order valence-corrected chi connectivity index (χ0v) is 8.78. The van der Waals surface area contributed by atoms with Gasteiger partial charge in [0.25, 0.3) is 5.56 Å². The van der Waals surface area contributed by atoms with Crippen LogP contribution in [0.2, 0.25) is 10.0 Å². The number of hydrogen-bond acceptors (Lipinski definition) is 3. The second kappa shape index (κ2) is 4.48. The zero-order chi connectivity index (χ0) is 10.7. The summed E-state index contributed by atoms with van der Waals surface area (Å²) in [5.41, 5.74) is -0.483. The lowest BCUT2D eigenvalue weighted by Crippen LogP contribution is -2.12. The standard InChI is InChI=1S/C8H7Cl2NO3/c1-2-14-8(13)4-3-11-7(12)6(10)5(4)9/h3H,2H2,1H3,(H,11,12). The van der Waals surface area contributed by atoms with Crippen molar-refractivity contribution in [3.63, 3.8) is 0 Å². The quantitative estimate of drug-likeness (QED) is 0.797. The third kappa shape index (κ3) is 2.08. The van der Waals surface area contributed by atoms with Crippen LogP contribution in [-0.4, -0.2) is 17.6 Å². The molecule has 0 saturated heterocycles. The number of esters is 1. The highest BCUT2D eigenvalue weighted by molar-refractivity contribution is 6.43. The number of carbonyl (C=O) groups excluding carboxylic acids is 1. The molecular weight excluding hydrogens is 229 g/mol. The summed E-state index contributed by atoms with van der Waals surface area (Å²) in [6.45, 7) is 1.89. The molecule has 0 aliphatic carbocycles. The number of pyridine rings is 1. The van der Waals surface area contributed by atoms with Crippen molar-refractivity contribution in [1.29, 1.82) is 0 Å². The van der Waals surface area contributed by atoms with Crippen LogP contribution in [0.3, 0.4) is 0 Å². The molecule has 14 heavy (non-hydrogen) atoms. The molecule has 0 spiro atoms. The summed E-state index contributed by atoms with van der Waals surface area (Å²) in [4.78, 5) is 24.5. The molecule has 0 atom stereocenters. The molecule has 4 nitrogen and oxygen atoms in total. The summed E-state index contributed by atoms with van der Waals surface area (Å²) in [5, 5.41) is -0.300. The third-order valence-corrected chi connectivity index (χ3v) is 2.32. The Morgan fingerprint density at radius 3 is 2.71 bits per heavy atom. The Morgan fingerprint density at radius 1 is 1.50 bits per heavy atom. The van der Waals surface area contributed by atoms with Crippen molar-refractivity contribution in [2.45, 2.75) is 6.92 Å². The van der Waals surface area contributed by atoms with E-state index in [0.717, 1.165) is 0 Å². The smallest absolute Gasteiger partial charge is 0.341 e. The molecular formula is C8H7Cl2NO3. The number of carbonyl (C=O) groups is 1. The monoisotopic (exact) mass is 235 g/mol. The van der Waals surface area contributed by atoms with E-state index >= 15 is 0 Å². The number of aromatic nitrogens is 1. The maximum Gasteiger partial charge on any atom is 0.341 e. The summed E-state index contributed by atoms with van der Waals surface area (Å²) in [7, 11) is 0. The molecule has 0 aromatic carbocycles. The highest BCUT2D eigenvalue weighted by Gasteiger charge is 2.15. The number of hydrogen-bond donors (Lipinski definition) is 1. The number of ether oxygens (including phenoxy) is 1. The van der Waals surface area contributed by atoms with Crippen molar-refractivity contribution < 1.29 is 9.53 Å². The first-order valence-electron chi connectivity index (χ1n) is 3.81. The lowest BCUT2D eigenvalue weighted by molar-refractivity contribution is 0.0526. The minimum Gasteiger partial charge on any atom is -0.462 e. The van der Waals surface area contributed by atoms with E-state index in [9.17, 15) is 9.59 Å². The number of halogens is 2. The third-order valence-electron chi connectivity index (χ3n) is 1.47. The topological polar surface area (TPSA) is 59.2 Å². The van der Waals surface area contributed by atoms with Gasteiger partial charge in [-0.25, -0.2) is 4.79 Å². The fourth-order valence-electron chi connectivity index (χ4n) is 0.840. The Morgan fingerprint density at radius 2 is 2.14 bits per heavy atom. The minimum absolute atomic E-state index is 0.0538. The van der Waals surface area contributed by atoms with Gasteiger partial charge in [0.2, 0.25) is 0 Å². The average Bonchev–Trinajstić information content (AvgIpc) is 2.15.